The minimum atomic E-state index is -0.635. The molecule has 1 aliphatic heterocycles. The lowest BCUT2D eigenvalue weighted by Crippen LogP contribution is -2.24. The second-order valence-corrected chi connectivity index (χ2v) is 9.50. The van der Waals surface area contributed by atoms with E-state index >= 15 is 0 Å². The molecule has 1 fully saturated rings. The number of nitrogens with one attached hydrogen (secondary N) is 1. The standard InChI is InChI=1S/C30H29F2N3O/c1-20-28(13-9-24-16-21(18-33-29(20)24)19-35-14-4-2-3-5-15-35)34-30(36)26-12-8-23(17-27(26)32)22-6-10-25(31)11-7-22/h6-13,16-18H,2-5,14-15,19H2,1H3,(H,34,36). The molecule has 5 rings (SSSR count). The van der Waals surface area contributed by atoms with Crippen LogP contribution in [0.15, 0.2) is 66.9 Å². The van der Waals surface area contributed by atoms with Crippen LogP contribution in [0.4, 0.5) is 14.5 Å². The lowest BCUT2D eigenvalue weighted by molar-refractivity contribution is 0.102. The van der Waals surface area contributed by atoms with Gasteiger partial charge in [0.25, 0.3) is 5.91 Å². The number of amides is 1. The Hall–Kier alpha value is -3.64. The summed E-state index contributed by atoms with van der Waals surface area (Å²) < 4.78 is 28.0. The molecule has 1 saturated heterocycles. The van der Waals surface area contributed by atoms with Gasteiger partial charge in [-0.1, -0.05) is 37.1 Å². The average Bonchev–Trinajstić information content (AvgIpc) is 3.15. The van der Waals surface area contributed by atoms with Crippen LogP contribution in [0.1, 0.15) is 47.2 Å². The van der Waals surface area contributed by atoms with Gasteiger partial charge in [0.05, 0.1) is 11.1 Å². The molecule has 0 unspecified atom stereocenters. The smallest absolute Gasteiger partial charge is 0.258 e. The van der Waals surface area contributed by atoms with E-state index in [-0.39, 0.29) is 11.4 Å². The molecule has 1 aromatic heterocycles. The molecular formula is C30H29F2N3O. The van der Waals surface area contributed by atoms with E-state index in [0.717, 1.165) is 36.1 Å². The molecular weight excluding hydrogens is 456 g/mol. The fourth-order valence-electron chi connectivity index (χ4n) is 4.88. The zero-order chi connectivity index (χ0) is 25.1. The summed E-state index contributed by atoms with van der Waals surface area (Å²) in [7, 11) is 0. The van der Waals surface area contributed by atoms with Crippen LogP contribution < -0.4 is 5.32 Å². The van der Waals surface area contributed by atoms with Crippen molar-refractivity contribution in [2.45, 2.75) is 39.2 Å². The number of halogens is 2. The molecule has 0 aliphatic carbocycles. The van der Waals surface area contributed by atoms with Crippen molar-refractivity contribution in [2.75, 3.05) is 18.4 Å². The van der Waals surface area contributed by atoms with Crippen LogP contribution in [0.3, 0.4) is 0 Å². The monoisotopic (exact) mass is 485 g/mol. The highest BCUT2D eigenvalue weighted by Gasteiger charge is 2.16. The van der Waals surface area contributed by atoms with Crippen molar-refractivity contribution in [1.82, 2.24) is 9.88 Å². The van der Waals surface area contributed by atoms with Crippen molar-refractivity contribution in [1.29, 1.82) is 0 Å². The van der Waals surface area contributed by atoms with Crippen molar-refractivity contribution < 1.29 is 13.6 Å². The third-order valence-corrected chi connectivity index (χ3v) is 6.91. The molecule has 0 saturated carbocycles. The van der Waals surface area contributed by atoms with E-state index in [1.807, 2.05) is 25.3 Å². The van der Waals surface area contributed by atoms with E-state index < -0.39 is 11.7 Å². The lowest BCUT2D eigenvalue weighted by Gasteiger charge is -2.20. The minimum Gasteiger partial charge on any atom is -0.322 e. The van der Waals surface area contributed by atoms with Gasteiger partial charge >= 0.3 is 0 Å². The maximum atomic E-state index is 14.8. The Kier molecular flexibility index (Phi) is 7.05. The highest BCUT2D eigenvalue weighted by molar-refractivity contribution is 6.06. The highest BCUT2D eigenvalue weighted by atomic mass is 19.1. The van der Waals surface area contributed by atoms with E-state index in [2.05, 4.69) is 16.3 Å². The van der Waals surface area contributed by atoms with Crippen LogP contribution in [0.25, 0.3) is 22.0 Å². The number of likely N-dealkylation sites (tertiary alicyclic amines) is 1. The predicted molar refractivity (Wildman–Crippen MR) is 140 cm³/mol. The first-order valence-electron chi connectivity index (χ1n) is 12.5. The summed E-state index contributed by atoms with van der Waals surface area (Å²) in [4.78, 5) is 20.1. The van der Waals surface area contributed by atoms with Crippen molar-refractivity contribution in [2.24, 2.45) is 0 Å². The van der Waals surface area contributed by atoms with Crippen molar-refractivity contribution in [3.8, 4) is 11.1 Å². The zero-order valence-corrected chi connectivity index (χ0v) is 20.4. The first-order valence-corrected chi connectivity index (χ1v) is 12.5. The molecule has 0 bridgehead atoms. The van der Waals surface area contributed by atoms with Crippen molar-refractivity contribution in [3.63, 3.8) is 0 Å². The maximum absolute atomic E-state index is 14.8. The summed E-state index contributed by atoms with van der Waals surface area (Å²) in [5.74, 6) is -1.52. The van der Waals surface area contributed by atoms with Gasteiger partial charge in [0, 0.05) is 23.8 Å². The summed E-state index contributed by atoms with van der Waals surface area (Å²) in [5, 5.41) is 3.86. The third-order valence-electron chi connectivity index (χ3n) is 6.91. The van der Waals surface area contributed by atoms with Crippen LogP contribution in [0, 0.1) is 18.6 Å². The molecule has 0 radical (unpaired) electrons. The number of pyridine rings is 1. The van der Waals surface area contributed by atoms with Gasteiger partial charge in [-0.3, -0.25) is 14.7 Å². The Morgan fingerprint density at radius 1 is 0.917 bits per heavy atom. The SMILES string of the molecule is Cc1c(NC(=O)c2ccc(-c3ccc(F)cc3)cc2F)ccc2cc(CN3CCCCCC3)cnc12. The molecule has 184 valence electrons. The first-order chi connectivity index (χ1) is 17.5. The number of nitrogens with zero attached hydrogens (tertiary/aromatic N) is 2. The van der Waals surface area contributed by atoms with Gasteiger partial charge in [-0.25, -0.2) is 8.78 Å². The first kappa shape index (κ1) is 24.1. The fourth-order valence-corrected chi connectivity index (χ4v) is 4.88. The Morgan fingerprint density at radius 2 is 1.64 bits per heavy atom. The summed E-state index contributed by atoms with van der Waals surface area (Å²) in [6.45, 7) is 5.06. The Bertz CT molecular complexity index is 1390. The van der Waals surface area contributed by atoms with Crippen LogP contribution in [0.2, 0.25) is 0 Å². The molecule has 1 aliphatic rings. The number of benzene rings is 3. The number of anilines is 1. The summed E-state index contributed by atoms with van der Waals surface area (Å²) in [5.41, 5.74) is 4.64. The molecule has 4 nitrogen and oxygen atoms in total. The molecule has 2 heterocycles. The Labute approximate surface area is 210 Å². The minimum absolute atomic E-state index is 0.0545. The number of hydrogen-bond donors (Lipinski definition) is 1. The summed E-state index contributed by atoms with van der Waals surface area (Å²) in [6, 6.07) is 16.2. The number of carbonyl (C=O) groups excluding carboxylic acids is 1. The molecule has 0 atom stereocenters. The Balaban J connectivity index is 1.33. The highest BCUT2D eigenvalue weighted by Crippen LogP contribution is 2.27. The number of hydrogen-bond acceptors (Lipinski definition) is 3. The van der Waals surface area contributed by atoms with Gasteiger partial charge < -0.3 is 5.32 Å². The normalized spacial score (nSPS) is 14.5. The average molecular weight is 486 g/mol. The third kappa shape index (κ3) is 5.29. The quantitative estimate of drug-likeness (QED) is 0.327. The van der Waals surface area contributed by atoms with E-state index in [0.29, 0.717) is 16.8 Å². The molecule has 4 aromatic rings. The van der Waals surface area contributed by atoms with Crippen LogP contribution in [-0.2, 0) is 6.54 Å². The zero-order valence-electron chi connectivity index (χ0n) is 20.4. The van der Waals surface area contributed by atoms with Crippen molar-refractivity contribution >= 4 is 22.5 Å². The molecule has 1 amide bonds. The maximum Gasteiger partial charge on any atom is 0.258 e. The van der Waals surface area contributed by atoms with Gasteiger partial charge in [0.1, 0.15) is 11.6 Å². The molecule has 1 N–H and O–H groups in total. The second-order valence-electron chi connectivity index (χ2n) is 9.50. The van der Waals surface area contributed by atoms with Crippen molar-refractivity contribution in [3.05, 3.63) is 95.2 Å². The van der Waals surface area contributed by atoms with Crippen LogP contribution >= 0.6 is 0 Å². The fraction of sp³-hybridized carbons (Fsp3) is 0.267. The second kappa shape index (κ2) is 10.5. The van der Waals surface area contributed by atoms with E-state index in [1.165, 1.54) is 55.5 Å². The van der Waals surface area contributed by atoms with E-state index in [4.69, 9.17) is 4.98 Å². The number of rotatable bonds is 5. The van der Waals surface area contributed by atoms with Crippen LogP contribution in [-0.4, -0.2) is 28.9 Å². The molecule has 6 heteroatoms. The number of fused-ring (bicyclic) bond motifs is 1. The van der Waals surface area contributed by atoms with E-state index in [9.17, 15) is 13.6 Å². The van der Waals surface area contributed by atoms with Gasteiger partial charge in [0.2, 0.25) is 0 Å². The number of aryl methyl sites for hydroxylation is 1. The number of carbonyl (C=O) groups is 1. The lowest BCUT2D eigenvalue weighted by atomic mass is 10.0. The Morgan fingerprint density at radius 3 is 2.36 bits per heavy atom. The van der Waals surface area contributed by atoms with Crippen LogP contribution in [0.5, 0.6) is 0 Å². The topological polar surface area (TPSA) is 45.2 Å². The van der Waals surface area contributed by atoms with Gasteiger partial charge in [0.15, 0.2) is 0 Å². The summed E-state index contributed by atoms with van der Waals surface area (Å²) in [6.07, 6.45) is 7.03. The van der Waals surface area contributed by atoms with E-state index in [1.54, 1.807) is 18.2 Å². The number of aromatic nitrogens is 1. The van der Waals surface area contributed by atoms with Gasteiger partial charge in [-0.2, -0.15) is 0 Å². The molecule has 36 heavy (non-hydrogen) atoms. The summed E-state index contributed by atoms with van der Waals surface area (Å²) >= 11 is 0. The predicted octanol–water partition coefficient (Wildman–Crippen LogP) is 7.12. The largest absolute Gasteiger partial charge is 0.322 e. The molecule has 3 aromatic carbocycles. The van der Waals surface area contributed by atoms with Gasteiger partial charge in [-0.15, -0.1) is 0 Å². The molecule has 0 spiro atoms. The van der Waals surface area contributed by atoms with Gasteiger partial charge in [-0.05, 0) is 91.5 Å².